The van der Waals surface area contributed by atoms with Crippen LogP contribution in [0.5, 0.6) is 0 Å². The fourth-order valence-electron chi connectivity index (χ4n) is 1.48. The molecular formula is C12H18OSi. The van der Waals surface area contributed by atoms with Crippen LogP contribution in [0.15, 0.2) is 36.5 Å². The van der Waals surface area contributed by atoms with Gasteiger partial charge in [-0.1, -0.05) is 47.6 Å². The van der Waals surface area contributed by atoms with E-state index in [-0.39, 0.29) is 6.23 Å². The summed E-state index contributed by atoms with van der Waals surface area (Å²) >= 11 is 0. The average Bonchev–Trinajstić information content (AvgIpc) is 2.18. The molecule has 1 atom stereocenters. The predicted molar refractivity (Wildman–Crippen MR) is 63.8 cm³/mol. The summed E-state index contributed by atoms with van der Waals surface area (Å²) < 4.78 is 0. The quantitative estimate of drug-likeness (QED) is 0.750. The maximum Gasteiger partial charge on any atom is 0.107 e. The Bertz CT molecular complexity index is 322. The Kier molecular flexibility index (Phi) is 3.67. The van der Waals surface area contributed by atoms with Crippen molar-refractivity contribution in [3.63, 3.8) is 0 Å². The van der Waals surface area contributed by atoms with E-state index in [1.165, 1.54) is 11.1 Å². The molecule has 0 fully saturated rings. The molecule has 1 nitrogen and oxygen atoms in total. The molecule has 0 aliphatic heterocycles. The fraction of sp³-hybridized carbons (Fsp3) is 0.333. The van der Waals surface area contributed by atoms with Crippen LogP contribution in [0, 0.1) is 6.92 Å². The summed E-state index contributed by atoms with van der Waals surface area (Å²) in [6.07, 6.45) is 0.282. The number of hydrogen-bond acceptors (Lipinski definition) is 1. The lowest BCUT2D eigenvalue weighted by molar-refractivity contribution is 0.358. The van der Waals surface area contributed by atoms with Gasteiger partial charge in [-0.15, -0.1) is 6.58 Å². The first-order valence-corrected chi connectivity index (χ1v) is 7.89. The molecule has 0 aliphatic carbocycles. The van der Waals surface area contributed by atoms with E-state index in [1.54, 1.807) is 0 Å². The van der Waals surface area contributed by atoms with E-state index in [1.807, 2.05) is 5.70 Å². The van der Waals surface area contributed by atoms with Crippen molar-refractivity contribution in [2.24, 2.45) is 0 Å². The van der Waals surface area contributed by atoms with E-state index in [2.05, 4.69) is 44.3 Å². The number of aliphatic hydroxyl groups excluding tert-OH is 1. The van der Waals surface area contributed by atoms with Gasteiger partial charge in [0, 0.05) is 6.23 Å². The number of benzene rings is 1. The van der Waals surface area contributed by atoms with Gasteiger partial charge in [0.1, 0.15) is 8.07 Å². The maximum atomic E-state index is 9.31. The Labute approximate surface area is 87.1 Å². The molecule has 1 N–H and O–H groups in total. The minimum atomic E-state index is -1.64. The maximum absolute atomic E-state index is 9.31. The van der Waals surface area contributed by atoms with E-state index in [4.69, 9.17) is 0 Å². The van der Waals surface area contributed by atoms with Crippen LogP contribution >= 0.6 is 0 Å². The van der Waals surface area contributed by atoms with Gasteiger partial charge in [-0.05, 0) is 13.0 Å². The molecule has 0 radical (unpaired) electrons. The third kappa shape index (κ3) is 2.82. The Hall–Kier alpha value is -0.863. The lowest BCUT2D eigenvalue weighted by Gasteiger charge is -2.20. The SMILES string of the molecule is C=C[Si](C)(CO)Cc1cccc(C)c1. The van der Waals surface area contributed by atoms with Crippen molar-refractivity contribution in [1.29, 1.82) is 0 Å². The van der Waals surface area contributed by atoms with Gasteiger partial charge in [0.2, 0.25) is 0 Å². The monoisotopic (exact) mass is 206 g/mol. The molecule has 14 heavy (non-hydrogen) atoms. The molecule has 0 saturated heterocycles. The Morgan fingerprint density at radius 3 is 2.71 bits per heavy atom. The first-order valence-electron chi connectivity index (χ1n) is 4.90. The van der Waals surface area contributed by atoms with E-state index in [9.17, 15) is 5.11 Å². The Balaban J connectivity index is 2.82. The van der Waals surface area contributed by atoms with Crippen molar-refractivity contribution in [1.82, 2.24) is 0 Å². The molecular weight excluding hydrogens is 188 g/mol. The molecule has 0 spiro atoms. The minimum Gasteiger partial charge on any atom is -0.399 e. The van der Waals surface area contributed by atoms with E-state index in [0.29, 0.717) is 0 Å². The average molecular weight is 206 g/mol. The second kappa shape index (κ2) is 4.58. The molecule has 2 heteroatoms. The van der Waals surface area contributed by atoms with Crippen LogP contribution in [-0.4, -0.2) is 19.4 Å². The molecule has 1 unspecified atom stereocenters. The third-order valence-corrected chi connectivity index (χ3v) is 5.47. The van der Waals surface area contributed by atoms with Crippen LogP contribution < -0.4 is 0 Å². The lowest BCUT2D eigenvalue weighted by Crippen LogP contribution is -2.36. The standard InChI is InChI=1S/C12H18OSi/c1-4-14(3,10-13)9-12-7-5-6-11(2)8-12/h4-8,13H,1,9-10H2,2-3H3. The number of aliphatic hydroxyl groups is 1. The van der Waals surface area contributed by atoms with Gasteiger partial charge in [-0.2, -0.15) is 0 Å². The largest absolute Gasteiger partial charge is 0.399 e. The fourth-order valence-corrected chi connectivity index (χ4v) is 3.02. The molecule has 1 aromatic rings. The van der Waals surface area contributed by atoms with E-state index >= 15 is 0 Å². The highest BCUT2D eigenvalue weighted by atomic mass is 28.3. The zero-order chi connectivity index (χ0) is 10.6. The van der Waals surface area contributed by atoms with Crippen LogP contribution in [0.3, 0.4) is 0 Å². The van der Waals surface area contributed by atoms with Crippen LogP contribution in [0.1, 0.15) is 11.1 Å². The number of aryl methyl sites for hydroxylation is 1. The summed E-state index contributed by atoms with van der Waals surface area (Å²) in [5.41, 5.74) is 4.56. The zero-order valence-corrected chi connectivity index (χ0v) is 9.96. The second-order valence-electron chi connectivity index (χ2n) is 4.18. The van der Waals surface area contributed by atoms with Crippen molar-refractivity contribution in [3.05, 3.63) is 47.7 Å². The van der Waals surface area contributed by atoms with Gasteiger partial charge in [0.05, 0.1) is 0 Å². The minimum absolute atomic E-state index is 0.282. The van der Waals surface area contributed by atoms with Crippen molar-refractivity contribution in [2.75, 3.05) is 6.23 Å². The molecule has 0 saturated carbocycles. The van der Waals surface area contributed by atoms with Crippen molar-refractivity contribution >= 4 is 8.07 Å². The molecule has 0 bridgehead atoms. The van der Waals surface area contributed by atoms with Crippen molar-refractivity contribution < 1.29 is 5.11 Å². The Morgan fingerprint density at radius 2 is 2.21 bits per heavy atom. The van der Waals surface area contributed by atoms with Crippen LogP contribution in [0.25, 0.3) is 0 Å². The van der Waals surface area contributed by atoms with Gasteiger partial charge in [0.15, 0.2) is 0 Å². The summed E-state index contributed by atoms with van der Waals surface area (Å²) in [5, 5.41) is 9.31. The highest BCUT2D eigenvalue weighted by Gasteiger charge is 2.22. The van der Waals surface area contributed by atoms with E-state index in [0.717, 1.165) is 6.04 Å². The third-order valence-electron chi connectivity index (χ3n) is 2.54. The molecule has 0 heterocycles. The molecule has 0 aliphatic rings. The van der Waals surface area contributed by atoms with Crippen molar-refractivity contribution in [2.45, 2.75) is 19.5 Å². The number of rotatable bonds is 4. The number of hydrogen-bond donors (Lipinski definition) is 1. The lowest BCUT2D eigenvalue weighted by atomic mass is 10.2. The summed E-state index contributed by atoms with van der Waals surface area (Å²) in [7, 11) is -1.64. The van der Waals surface area contributed by atoms with Crippen LogP contribution in [0.2, 0.25) is 6.55 Å². The topological polar surface area (TPSA) is 20.2 Å². The zero-order valence-electron chi connectivity index (χ0n) is 8.96. The summed E-state index contributed by atoms with van der Waals surface area (Å²) in [6.45, 7) is 8.07. The van der Waals surface area contributed by atoms with Gasteiger partial charge in [-0.25, -0.2) is 0 Å². The summed E-state index contributed by atoms with van der Waals surface area (Å²) in [5.74, 6) is 0. The molecule has 0 aromatic heterocycles. The van der Waals surface area contributed by atoms with Gasteiger partial charge < -0.3 is 5.11 Å². The molecule has 1 aromatic carbocycles. The van der Waals surface area contributed by atoms with Gasteiger partial charge in [-0.3, -0.25) is 0 Å². The van der Waals surface area contributed by atoms with Crippen molar-refractivity contribution in [3.8, 4) is 0 Å². The first-order chi connectivity index (χ1) is 6.59. The molecule has 0 amide bonds. The molecule has 1 rings (SSSR count). The highest BCUT2D eigenvalue weighted by molar-refractivity contribution is 6.82. The first kappa shape index (κ1) is 11.2. The predicted octanol–water partition coefficient (Wildman–Crippen LogP) is 2.41. The van der Waals surface area contributed by atoms with Crippen LogP contribution in [0.4, 0.5) is 0 Å². The highest BCUT2D eigenvalue weighted by Crippen LogP contribution is 2.13. The van der Waals surface area contributed by atoms with Gasteiger partial charge >= 0.3 is 0 Å². The molecule has 76 valence electrons. The smallest absolute Gasteiger partial charge is 0.107 e. The Morgan fingerprint density at radius 1 is 1.50 bits per heavy atom. The van der Waals surface area contributed by atoms with E-state index < -0.39 is 8.07 Å². The summed E-state index contributed by atoms with van der Waals surface area (Å²) in [6, 6.07) is 9.45. The summed E-state index contributed by atoms with van der Waals surface area (Å²) in [4.78, 5) is 0. The second-order valence-corrected chi connectivity index (χ2v) is 8.57. The van der Waals surface area contributed by atoms with Crippen LogP contribution in [-0.2, 0) is 6.04 Å². The van der Waals surface area contributed by atoms with Gasteiger partial charge in [0.25, 0.3) is 0 Å². The normalized spacial score (nSPS) is 14.8.